The van der Waals surface area contributed by atoms with Gasteiger partial charge in [0.25, 0.3) is 11.5 Å². The second-order valence-corrected chi connectivity index (χ2v) is 7.48. The number of H-pyrrole nitrogens is 1. The van der Waals surface area contributed by atoms with Gasteiger partial charge in [0.2, 0.25) is 0 Å². The first-order valence-corrected chi connectivity index (χ1v) is 9.23. The molecule has 0 unspecified atom stereocenters. The van der Waals surface area contributed by atoms with Crippen molar-refractivity contribution in [1.29, 1.82) is 0 Å². The van der Waals surface area contributed by atoms with Crippen LogP contribution in [0.3, 0.4) is 0 Å². The van der Waals surface area contributed by atoms with Gasteiger partial charge < -0.3 is 26.1 Å². The highest BCUT2D eigenvalue weighted by molar-refractivity contribution is 6.03. The first-order chi connectivity index (χ1) is 13.4. The number of rotatable bonds is 3. The number of carbonyl (C=O) groups excluding carboxylic acids is 1. The third-order valence-corrected chi connectivity index (χ3v) is 5.61. The van der Waals surface area contributed by atoms with Crippen LogP contribution in [0.5, 0.6) is 0 Å². The monoisotopic (exact) mass is 381 g/mol. The molecule has 3 heterocycles. The van der Waals surface area contributed by atoms with E-state index in [4.69, 9.17) is 16.2 Å². The van der Waals surface area contributed by atoms with E-state index in [0.29, 0.717) is 31.0 Å². The van der Waals surface area contributed by atoms with Gasteiger partial charge in [-0.2, -0.15) is 0 Å². The number of nitrogens with zero attached hydrogens (tertiary/aromatic N) is 2. The number of hydrogen-bond donors (Lipinski definition) is 3. The Kier molecular flexibility index (Phi) is 4.43. The molecule has 1 saturated heterocycles. The zero-order chi connectivity index (χ0) is 19.9. The number of anilines is 1. The van der Waals surface area contributed by atoms with Crippen LogP contribution in [0.1, 0.15) is 41.3 Å². The summed E-state index contributed by atoms with van der Waals surface area (Å²) in [6.45, 7) is 3.97. The lowest BCUT2D eigenvalue weighted by Gasteiger charge is -2.41. The molecule has 146 valence electrons. The smallest absolute Gasteiger partial charge is 0.261 e. The number of amidine groups is 1. The van der Waals surface area contributed by atoms with E-state index in [1.54, 1.807) is 18.2 Å². The fourth-order valence-corrected chi connectivity index (χ4v) is 3.85. The van der Waals surface area contributed by atoms with Crippen molar-refractivity contribution in [2.24, 2.45) is 10.7 Å². The molecule has 0 spiro atoms. The first-order valence-electron chi connectivity index (χ1n) is 9.23. The Labute approximate surface area is 162 Å². The molecular formula is C20H23N5O3. The molecule has 0 radical (unpaired) electrons. The van der Waals surface area contributed by atoms with E-state index < -0.39 is 5.56 Å². The van der Waals surface area contributed by atoms with Crippen molar-refractivity contribution in [2.75, 3.05) is 18.9 Å². The predicted molar refractivity (Wildman–Crippen MR) is 107 cm³/mol. The average molecular weight is 381 g/mol. The molecule has 2 aliphatic heterocycles. The number of nitrogens with two attached hydrogens (primary N) is 2. The lowest BCUT2D eigenvalue weighted by Crippen LogP contribution is -2.49. The first kappa shape index (κ1) is 18.2. The maximum atomic E-state index is 12.9. The van der Waals surface area contributed by atoms with Crippen molar-refractivity contribution < 1.29 is 9.53 Å². The number of aromatic amines is 1. The van der Waals surface area contributed by atoms with E-state index >= 15 is 0 Å². The van der Waals surface area contributed by atoms with Gasteiger partial charge in [-0.05, 0) is 49.6 Å². The normalized spacial score (nSPS) is 19.0. The molecule has 5 N–H and O–H groups in total. The molecule has 2 aliphatic rings. The van der Waals surface area contributed by atoms with Gasteiger partial charge >= 0.3 is 0 Å². The molecule has 0 saturated carbocycles. The summed E-state index contributed by atoms with van der Waals surface area (Å²) in [7, 11) is 0. The van der Waals surface area contributed by atoms with Crippen molar-refractivity contribution in [3.8, 4) is 0 Å². The lowest BCUT2D eigenvalue weighted by molar-refractivity contribution is -0.0110. The van der Waals surface area contributed by atoms with E-state index in [0.717, 1.165) is 18.4 Å². The minimum Gasteiger partial charge on any atom is -0.398 e. The van der Waals surface area contributed by atoms with Gasteiger partial charge in [-0.1, -0.05) is 0 Å². The molecule has 1 fully saturated rings. The zero-order valence-electron chi connectivity index (χ0n) is 15.7. The van der Waals surface area contributed by atoms with Crippen LogP contribution in [0.15, 0.2) is 40.2 Å². The Bertz CT molecular complexity index is 1020. The highest BCUT2D eigenvalue weighted by Gasteiger charge is 2.41. The topological polar surface area (TPSA) is 127 Å². The van der Waals surface area contributed by atoms with Crippen molar-refractivity contribution in [3.63, 3.8) is 0 Å². The second-order valence-electron chi connectivity index (χ2n) is 7.48. The molecule has 1 amide bonds. The minimum atomic E-state index is -0.392. The van der Waals surface area contributed by atoms with Gasteiger partial charge in [0.1, 0.15) is 11.4 Å². The summed E-state index contributed by atoms with van der Waals surface area (Å²) in [5.41, 5.74) is 13.9. The van der Waals surface area contributed by atoms with Crippen LogP contribution < -0.4 is 17.0 Å². The molecule has 0 bridgehead atoms. The molecule has 1 aromatic carbocycles. The second kappa shape index (κ2) is 6.79. The van der Waals surface area contributed by atoms with Crippen molar-refractivity contribution >= 4 is 23.1 Å². The molecule has 0 atom stereocenters. The number of fused-ring (bicyclic) bond motifs is 1. The highest BCUT2D eigenvalue weighted by Crippen LogP contribution is 2.36. The van der Waals surface area contributed by atoms with Gasteiger partial charge in [0.15, 0.2) is 0 Å². The number of benzene rings is 1. The molecule has 4 rings (SSSR count). The summed E-state index contributed by atoms with van der Waals surface area (Å²) in [6, 6.07) is 6.90. The average Bonchev–Trinajstić information content (AvgIpc) is 2.99. The van der Waals surface area contributed by atoms with Crippen molar-refractivity contribution in [3.05, 3.63) is 57.5 Å². The van der Waals surface area contributed by atoms with Crippen molar-refractivity contribution in [1.82, 2.24) is 9.88 Å². The maximum Gasteiger partial charge on any atom is 0.261 e. The quantitative estimate of drug-likeness (QED) is 0.549. The number of aliphatic imine (C=N–C) groups is 1. The summed E-state index contributed by atoms with van der Waals surface area (Å²) in [4.78, 5) is 33.7. The number of amides is 1. The van der Waals surface area contributed by atoms with Gasteiger partial charge in [-0.15, -0.1) is 0 Å². The fraction of sp³-hybridized carbons (Fsp3) is 0.350. The molecule has 8 nitrogen and oxygen atoms in total. The minimum absolute atomic E-state index is 0.0339. The van der Waals surface area contributed by atoms with Crippen LogP contribution in [0.25, 0.3) is 0 Å². The molecule has 1 aromatic heterocycles. The van der Waals surface area contributed by atoms with E-state index in [1.807, 2.05) is 11.0 Å². The van der Waals surface area contributed by atoms with E-state index in [1.165, 1.54) is 6.20 Å². The summed E-state index contributed by atoms with van der Waals surface area (Å²) in [5, 5.41) is 0. The van der Waals surface area contributed by atoms with Crippen LogP contribution in [0.2, 0.25) is 0 Å². The van der Waals surface area contributed by atoms with Crippen LogP contribution in [-0.2, 0) is 11.3 Å². The molecular weight excluding hydrogens is 358 g/mol. The number of aromatic nitrogens is 1. The van der Waals surface area contributed by atoms with Crippen LogP contribution in [0.4, 0.5) is 11.4 Å². The van der Waals surface area contributed by atoms with Crippen LogP contribution in [-0.4, -0.2) is 40.4 Å². The number of hydrogen-bond acceptors (Lipinski definition) is 5. The summed E-state index contributed by atoms with van der Waals surface area (Å²) in [6.07, 6.45) is 3.10. The third-order valence-electron chi connectivity index (χ3n) is 5.61. The SMILES string of the molecule is CC1(N2Cc3cc(N=C(N)c4c(N)cc[nH]c4=O)ccc3C2=O)CCOCC1. The standard InChI is InChI=1S/C20H23N5O3/c1-20(5-8-28-9-6-20)25-11-12-10-13(2-3-14(12)19(25)27)24-17(22)16-15(21)4-7-23-18(16)26/h2-4,7,10H,5-6,8-9,11H2,1H3,(H2,22,24)(H3,21,23,26). The van der Waals surface area contributed by atoms with Gasteiger partial charge in [-0.3, -0.25) is 9.59 Å². The zero-order valence-corrected chi connectivity index (χ0v) is 15.7. The van der Waals surface area contributed by atoms with Gasteiger partial charge in [-0.25, -0.2) is 4.99 Å². The molecule has 28 heavy (non-hydrogen) atoms. The number of pyridine rings is 1. The Morgan fingerprint density at radius 3 is 2.71 bits per heavy atom. The number of nitrogens with one attached hydrogen (secondary N) is 1. The fourth-order valence-electron chi connectivity index (χ4n) is 3.85. The van der Waals surface area contributed by atoms with Crippen LogP contribution in [0, 0.1) is 0 Å². The third kappa shape index (κ3) is 3.05. The summed E-state index contributed by atoms with van der Waals surface area (Å²) < 4.78 is 5.45. The molecule has 8 heteroatoms. The number of carbonyl (C=O) groups is 1. The van der Waals surface area contributed by atoms with Gasteiger partial charge in [0.05, 0.1) is 5.69 Å². The predicted octanol–water partition coefficient (Wildman–Crippen LogP) is 1.52. The lowest BCUT2D eigenvalue weighted by atomic mass is 9.90. The summed E-state index contributed by atoms with van der Waals surface area (Å²) >= 11 is 0. The van der Waals surface area contributed by atoms with Crippen LogP contribution >= 0.6 is 0 Å². The van der Waals surface area contributed by atoms with E-state index in [2.05, 4.69) is 16.9 Å². The summed E-state index contributed by atoms with van der Waals surface area (Å²) in [5.74, 6) is 0.0727. The molecule has 2 aromatic rings. The van der Waals surface area contributed by atoms with E-state index in [9.17, 15) is 9.59 Å². The van der Waals surface area contributed by atoms with Gasteiger partial charge in [0, 0.05) is 42.7 Å². The Morgan fingerprint density at radius 2 is 2.00 bits per heavy atom. The largest absolute Gasteiger partial charge is 0.398 e. The van der Waals surface area contributed by atoms with E-state index in [-0.39, 0.29) is 28.5 Å². The molecule has 0 aliphatic carbocycles. The maximum absolute atomic E-state index is 12.9. The van der Waals surface area contributed by atoms with Crippen molar-refractivity contribution in [2.45, 2.75) is 31.8 Å². The Balaban J connectivity index is 1.64. The Hall–Kier alpha value is -3.13. The highest BCUT2D eigenvalue weighted by atomic mass is 16.5. The number of ether oxygens (including phenoxy) is 1. The Morgan fingerprint density at radius 1 is 1.25 bits per heavy atom. The number of nitrogen functional groups attached to an aromatic ring is 1.